The van der Waals surface area contributed by atoms with E-state index < -0.39 is 0 Å². The van der Waals surface area contributed by atoms with Crippen LogP contribution in [0.4, 0.5) is 17.3 Å². The van der Waals surface area contributed by atoms with Crippen LogP contribution in [0, 0.1) is 0 Å². The second kappa shape index (κ2) is 8.44. The number of nitrogens with zero attached hydrogens (tertiary/aromatic N) is 4. The van der Waals surface area contributed by atoms with Gasteiger partial charge in [-0.15, -0.1) is 0 Å². The Labute approximate surface area is 181 Å². The molecule has 1 N–H and O–H groups in total. The first-order valence-electron chi connectivity index (χ1n) is 10.4. The van der Waals surface area contributed by atoms with Crippen LogP contribution in [0.3, 0.4) is 0 Å². The van der Waals surface area contributed by atoms with Crippen LogP contribution < -0.4 is 15.1 Å². The normalized spacial score (nSPS) is 13.9. The van der Waals surface area contributed by atoms with Crippen molar-refractivity contribution in [3.63, 3.8) is 0 Å². The third-order valence-electron chi connectivity index (χ3n) is 5.65. The molecule has 2 heterocycles. The number of piperazine rings is 1. The summed E-state index contributed by atoms with van der Waals surface area (Å²) >= 11 is 0. The van der Waals surface area contributed by atoms with Crippen molar-refractivity contribution in [1.29, 1.82) is 0 Å². The van der Waals surface area contributed by atoms with E-state index in [4.69, 9.17) is 0 Å². The number of rotatable bonds is 4. The van der Waals surface area contributed by atoms with Crippen molar-refractivity contribution in [2.45, 2.75) is 0 Å². The van der Waals surface area contributed by atoms with Gasteiger partial charge in [0.15, 0.2) is 0 Å². The maximum absolute atomic E-state index is 12.9. The molecule has 0 radical (unpaired) electrons. The average molecular weight is 409 g/mol. The lowest BCUT2D eigenvalue weighted by Gasteiger charge is -2.36. The lowest BCUT2D eigenvalue weighted by Crippen LogP contribution is -2.46. The van der Waals surface area contributed by atoms with Gasteiger partial charge in [0.05, 0.1) is 0 Å². The van der Waals surface area contributed by atoms with E-state index in [9.17, 15) is 4.79 Å². The predicted octanol–water partition coefficient (Wildman–Crippen LogP) is 4.21. The minimum absolute atomic E-state index is 0.171. The van der Waals surface area contributed by atoms with Crippen LogP contribution in [0.2, 0.25) is 0 Å². The van der Waals surface area contributed by atoms with E-state index in [-0.39, 0.29) is 5.91 Å². The van der Waals surface area contributed by atoms with Gasteiger partial charge in [0, 0.05) is 43.5 Å². The number of hydrogen-bond acceptors (Lipinski definition) is 5. The third kappa shape index (κ3) is 4.05. The highest BCUT2D eigenvalue weighted by Crippen LogP contribution is 2.22. The Hall–Kier alpha value is -3.93. The molecule has 0 atom stereocenters. The fourth-order valence-corrected chi connectivity index (χ4v) is 4.03. The number of fused-ring (bicyclic) bond motifs is 1. The Morgan fingerprint density at radius 2 is 1.48 bits per heavy atom. The van der Waals surface area contributed by atoms with Crippen LogP contribution in [-0.4, -0.2) is 42.1 Å². The zero-order valence-corrected chi connectivity index (χ0v) is 17.1. The molecule has 4 aromatic rings. The number of benzene rings is 3. The summed E-state index contributed by atoms with van der Waals surface area (Å²) in [6.45, 7) is 3.57. The number of para-hydroxylation sites is 1. The summed E-state index contributed by atoms with van der Waals surface area (Å²) in [5.74, 6) is 1.17. The predicted molar refractivity (Wildman–Crippen MR) is 125 cm³/mol. The largest absolute Gasteiger partial charge is 0.368 e. The zero-order chi connectivity index (χ0) is 21.0. The Bertz CT molecular complexity index is 1200. The molecule has 6 heteroatoms. The Kier molecular flexibility index (Phi) is 5.19. The maximum atomic E-state index is 12.9. The molecule has 1 fully saturated rings. The number of carbonyl (C=O) groups excluding carboxylic acids is 1. The van der Waals surface area contributed by atoms with Gasteiger partial charge in [0.2, 0.25) is 0 Å². The Morgan fingerprint density at radius 3 is 2.32 bits per heavy atom. The Morgan fingerprint density at radius 1 is 0.774 bits per heavy atom. The highest BCUT2D eigenvalue weighted by molar-refractivity contribution is 6.12. The number of amides is 1. The molecule has 1 aliphatic heterocycles. The molecule has 31 heavy (non-hydrogen) atoms. The average Bonchev–Trinajstić information content (AvgIpc) is 2.84. The van der Waals surface area contributed by atoms with Crippen LogP contribution in [0.5, 0.6) is 0 Å². The number of anilines is 3. The van der Waals surface area contributed by atoms with Crippen molar-refractivity contribution in [2.24, 2.45) is 0 Å². The van der Waals surface area contributed by atoms with E-state index in [0.29, 0.717) is 11.4 Å². The van der Waals surface area contributed by atoms with E-state index in [2.05, 4.69) is 49.4 Å². The van der Waals surface area contributed by atoms with Gasteiger partial charge < -0.3 is 15.1 Å². The third-order valence-corrected chi connectivity index (χ3v) is 5.65. The van der Waals surface area contributed by atoms with Crippen molar-refractivity contribution >= 4 is 34.0 Å². The zero-order valence-electron chi connectivity index (χ0n) is 17.1. The summed E-state index contributed by atoms with van der Waals surface area (Å²) in [5.41, 5.74) is 1.88. The van der Waals surface area contributed by atoms with Gasteiger partial charge in [-0.1, -0.05) is 54.6 Å². The van der Waals surface area contributed by atoms with E-state index >= 15 is 0 Å². The molecule has 1 aromatic heterocycles. The topological polar surface area (TPSA) is 61.4 Å². The summed E-state index contributed by atoms with van der Waals surface area (Å²) in [6, 6.07) is 25.9. The number of carbonyl (C=O) groups is 1. The first-order chi connectivity index (χ1) is 15.3. The standard InChI is InChI=1S/C25H23N5O/c31-25(22-12-6-8-19-7-4-5-11-21(19)22)28-23-17-24(27-18-26-23)30-15-13-29(14-16-30)20-9-2-1-3-10-20/h1-12,17-18H,13-16H2,(H,26,27,28,31). The summed E-state index contributed by atoms with van der Waals surface area (Å²) in [6.07, 6.45) is 1.51. The van der Waals surface area contributed by atoms with Gasteiger partial charge in [-0.05, 0) is 29.0 Å². The van der Waals surface area contributed by atoms with Crippen molar-refractivity contribution in [2.75, 3.05) is 41.3 Å². The molecule has 0 spiro atoms. The van der Waals surface area contributed by atoms with Crippen molar-refractivity contribution in [3.05, 3.63) is 90.8 Å². The van der Waals surface area contributed by atoms with Crippen LogP contribution in [0.1, 0.15) is 10.4 Å². The second-order valence-corrected chi connectivity index (χ2v) is 7.55. The monoisotopic (exact) mass is 409 g/mol. The summed E-state index contributed by atoms with van der Waals surface area (Å²) in [5, 5.41) is 4.90. The van der Waals surface area contributed by atoms with Crippen molar-refractivity contribution in [3.8, 4) is 0 Å². The lowest BCUT2D eigenvalue weighted by molar-refractivity contribution is 0.102. The highest BCUT2D eigenvalue weighted by atomic mass is 16.1. The molecule has 0 aliphatic carbocycles. The molecule has 0 unspecified atom stereocenters. The molecule has 0 bridgehead atoms. The van der Waals surface area contributed by atoms with Crippen LogP contribution in [0.15, 0.2) is 85.2 Å². The first kappa shape index (κ1) is 19.1. The van der Waals surface area contributed by atoms with E-state index in [1.807, 2.05) is 54.6 Å². The molecule has 6 nitrogen and oxygen atoms in total. The van der Waals surface area contributed by atoms with E-state index in [1.165, 1.54) is 12.0 Å². The number of hydrogen-bond donors (Lipinski definition) is 1. The molecule has 154 valence electrons. The van der Waals surface area contributed by atoms with E-state index in [0.717, 1.165) is 42.8 Å². The Balaban J connectivity index is 1.29. The quantitative estimate of drug-likeness (QED) is 0.547. The summed E-state index contributed by atoms with van der Waals surface area (Å²) < 4.78 is 0. The van der Waals surface area contributed by atoms with Crippen molar-refractivity contribution < 1.29 is 4.79 Å². The minimum Gasteiger partial charge on any atom is -0.368 e. The van der Waals surface area contributed by atoms with Crippen LogP contribution in [0.25, 0.3) is 10.8 Å². The number of nitrogens with one attached hydrogen (secondary N) is 1. The summed E-state index contributed by atoms with van der Waals surface area (Å²) in [4.78, 5) is 26.2. The molecule has 1 aliphatic rings. The van der Waals surface area contributed by atoms with Crippen LogP contribution >= 0.6 is 0 Å². The second-order valence-electron chi connectivity index (χ2n) is 7.55. The molecule has 5 rings (SSSR count). The van der Waals surface area contributed by atoms with Gasteiger partial charge in [-0.25, -0.2) is 9.97 Å². The fraction of sp³-hybridized carbons (Fsp3) is 0.160. The molecule has 3 aromatic carbocycles. The molecular weight excluding hydrogens is 386 g/mol. The van der Waals surface area contributed by atoms with Gasteiger partial charge in [-0.2, -0.15) is 0 Å². The fourth-order valence-electron chi connectivity index (χ4n) is 4.03. The van der Waals surface area contributed by atoms with Gasteiger partial charge in [0.25, 0.3) is 5.91 Å². The minimum atomic E-state index is -0.171. The van der Waals surface area contributed by atoms with Gasteiger partial charge in [0.1, 0.15) is 18.0 Å². The maximum Gasteiger partial charge on any atom is 0.257 e. The lowest BCUT2D eigenvalue weighted by atomic mass is 10.0. The highest BCUT2D eigenvalue weighted by Gasteiger charge is 2.19. The molecule has 1 saturated heterocycles. The summed E-state index contributed by atoms with van der Waals surface area (Å²) in [7, 11) is 0. The van der Waals surface area contributed by atoms with Crippen LogP contribution in [-0.2, 0) is 0 Å². The smallest absolute Gasteiger partial charge is 0.257 e. The SMILES string of the molecule is O=C(Nc1cc(N2CCN(c3ccccc3)CC2)ncn1)c1cccc2ccccc12. The van der Waals surface area contributed by atoms with E-state index in [1.54, 1.807) is 0 Å². The first-order valence-corrected chi connectivity index (χ1v) is 10.4. The van der Waals surface area contributed by atoms with Crippen molar-refractivity contribution in [1.82, 2.24) is 9.97 Å². The molecule has 1 amide bonds. The molecule has 0 saturated carbocycles. The molecular formula is C25H23N5O. The van der Waals surface area contributed by atoms with Gasteiger partial charge >= 0.3 is 0 Å². The van der Waals surface area contributed by atoms with Gasteiger partial charge in [-0.3, -0.25) is 4.79 Å². The number of aromatic nitrogens is 2.